The standard InChI is InChI=1S/C16H17BrN2O2S/c1-10-5-4-6-13(11(10)2)21-9-16(20)19-18-12(3)14-7-8-15(17)22-14/h4-8H,9H2,1-3H3,(H,19,20)/b18-12-. The fourth-order valence-electron chi connectivity index (χ4n) is 1.77. The number of nitrogens with one attached hydrogen (secondary N) is 1. The number of aryl methyl sites for hydroxylation is 1. The topological polar surface area (TPSA) is 50.7 Å². The monoisotopic (exact) mass is 380 g/mol. The second-order valence-corrected chi connectivity index (χ2v) is 7.29. The van der Waals surface area contributed by atoms with Gasteiger partial charge in [0.05, 0.1) is 14.4 Å². The lowest BCUT2D eigenvalue weighted by Gasteiger charge is -2.09. The van der Waals surface area contributed by atoms with Crippen LogP contribution in [0.4, 0.5) is 0 Å². The van der Waals surface area contributed by atoms with E-state index in [9.17, 15) is 4.79 Å². The molecule has 2 rings (SSSR count). The number of rotatable bonds is 5. The summed E-state index contributed by atoms with van der Waals surface area (Å²) < 4.78 is 6.56. The van der Waals surface area contributed by atoms with Crippen LogP contribution in [-0.2, 0) is 4.79 Å². The second kappa shape index (κ2) is 7.56. The Morgan fingerprint density at radius 3 is 2.77 bits per heavy atom. The van der Waals surface area contributed by atoms with E-state index in [4.69, 9.17) is 4.74 Å². The lowest BCUT2D eigenvalue weighted by molar-refractivity contribution is -0.123. The number of hydrazone groups is 1. The maximum atomic E-state index is 11.8. The van der Waals surface area contributed by atoms with Crippen LogP contribution in [0.3, 0.4) is 0 Å². The zero-order valence-electron chi connectivity index (χ0n) is 12.6. The Morgan fingerprint density at radius 2 is 2.09 bits per heavy atom. The molecule has 0 saturated heterocycles. The molecule has 0 aliphatic rings. The molecule has 0 spiro atoms. The predicted octanol–water partition coefficient (Wildman–Crippen LogP) is 4.05. The fraction of sp³-hybridized carbons (Fsp3) is 0.250. The number of ether oxygens (including phenoxy) is 1. The summed E-state index contributed by atoms with van der Waals surface area (Å²) in [5, 5.41) is 4.09. The molecule has 22 heavy (non-hydrogen) atoms. The van der Waals surface area contributed by atoms with Crippen molar-refractivity contribution in [2.75, 3.05) is 6.61 Å². The summed E-state index contributed by atoms with van der Waals surface area (Å²) in [7, 11) is 0. The average molecular weight is 381 g/mol. The molecule has 6 heteroatoms. The van der Waals surface area contributed by atoms with Gasteiger partial charge in [-0.15, -0.1) is 11.3 Å². The molecule has 0 aliphatic carbocycles. The van der Waals surface area contributed by atoms with Crippen molar-refractivity contribution < 1.29 is 9.53 Å². The van der Waals surface area contributed by atoms with Gasteiger partial charge in [0.15, 0.2) is 6.61 Å². The molecule has 0 saturated carbocycles. The smallest absolute Gasteiger partial charge is 0.277 e. The number of carbonyl (C=O) groups excluding carboxylic acids is 1. The summed E-state index contributed by atoms with van der Waals surface area (Å²) in [5.41, 5.74) is 5.44. The van der Waals surface area contributed by atoms with Crippen molar-refractivity contribution in [1.29, 1.82) is 0 Å². The van der Waals surface area contributed by atoms with Crippen LogP contribution in [0.25, 0.3) is 0 Å². The van der Waals surface area contributed by atoms with E-state index in [1.165, 1.54) is 0 Å². The molecule has 0 radical (unpaired) electrons. The van der Waals surface area contributed by atoms with Gasteiger partial charge >= 0.3 is 0 Å². The zero-order chi connectivity index (χ0) is 16.1. The Labute approximate surface area is 142 Å². The minimum atomic E-state index is -0.282. The fourth-order valence-corrected chi connectivity index (χ4v) is 3.10. The van der Waals surface area contributed by atoms with E-state index >= 15 is 0 Å². The van der Waals surface area contributed by atoms with Gasteiger partial charge in [-0.2, -0.15) is 5.10 Å². The third-order valence-electron chi connectivity index (χ3n) is 3.19. The number of hydrogen-bond acceptors (Lipinski definition) is 4. The molecular formula is C16H17BrN2O2S. The molecule has 0 atom stereocenters. The van der Waals surface area contributed by atoms with Gasteiger partial charge < -0.3 is 4.74 Å². The molecule has 0 fully saturated rings. The quantitative estimate of drug-likeness (QED) is 0.628. The molecule has 1 aromatic carbocycles. The van der Waals surface area contributed by atoms with Gasteiger partial charge in [0.2, 0.25) is 0 Å². The highest BCUT2D eigenvalue weighted by Crippen LogP contribution is 2.22. The van der Waals surface area contributed by atoms with Gasteiger partial charge in [-0.1, -0.05) is 12.1 Å². The number of nitrogens with zero attached hydrogens (tertiary/aromatic N) is 1. The number of amides is 1. The molecule has 0 unspecified atom stereocenters. The summed E-state index contributed by atoms with van der Waals surface area (Å²) in [6, 6.07) is 9.67. The van der Waals surface area contributed by atoms with E-state index in [-0.39, 0.29) is 12.5 Å². The number of thiophene rings is 1. The van der Waals surface area contributed by atoms with Crippen molar-refractivity contribution in [3.05, 3.63) is 50.1 Å². The summed E-state index contributed by atoms with van der Waals surface area (Å²) in [6.45, 7) is 5.77. The molecule has 1 N–H and O–H groups in total. The normalized spacial score (nSPS) is 11.4. The third kappa shape index (κ3) is 4.42. The highest BCUT2D eigenvalue weighted by molar-refractivity contribution is 9.11. The van der Waals surface area contributed by atoms with E-state index in [0.717, 1.165) is 31.3 Å². The maximum absolute atomic E-state index is 11.8. The summed E-state index contributed by atoms with van der Waals surface area (Å²) in [5.74, 6) is 0.439. The Morgan fingerprint density at radius 1 is 1.32 bits per heavy atom. The first-order chi connectivity index (χ1) is 10.5. The molecule has 1 aromatic heterocycles. The minimum Gasteiger partial charge on any atom is -0.483 e. The Kier molecular flexibility index (Phi) is 5.74. The van der Waals surface area contributed by atoms with Crippen molar-refractivity contribution in [2.45, 2.75) is 20.8 Å². The van der Waals surface area contributed by atoms with E-state index in [1.54, 1.807) is 11.3 Å². The van der Waals surface area contributed by atoms with Crippen LogP contribution >= 0.6 is 27.3 Å². The summed E-state index contributed by atoms with van der Waals surface area (Å²) >= 11 is 4.96. The number of halogens is 1. The number of hydrogen-bond donors (Lipinski definition) is 1. The van der Waals surface area contributed by atoms with Crippen molar-refractivity contribution in [1.82, 2.24) is 5.43 Å². The van der Waals surface area contributed by atoms with E-state index in [1.807, 2.05) is 51.1 Å². The summed E-state index contributed by atoms with van der Waals surface area (Å²) in [6.07, 6.45) is 0. The third-order valence-corrected chi connectivity index (χ3v) is 4.92. The average Bonchev–Trinajstić information content (AvgIpc) is 2.93. The largest absolute Gasteiger partial charge is 0.483 e. The van der Waals surface area contributed by atoms with Crippen molar-refractivity contribution in [3.63, 3.8) is 0 Å². The van der Waals surface area contributed by atoms with Crippen molar-refractivity contribution in [3.8, 4) is 5.75 Å². The van der Waals surface area contributed by atoms with Crippen LogP contribution in [0.15, 0.2) is 39.2 Å². The highest BCUT2D eigenvalue weighted by Gasteiger charge is 2.06. The number of benzene rings is 1. The molecule has 0 bridgehead atoms. The van der Waals surface area contributed by atoms with E-state index in [2.05, 4.69) is 26.5 Å². The Balaban J connectivity index is 1.89. The van der Waals surface area contributed by atoms with Gasteiger partial charge in [-0.3, -0.25) is 4.79 Å². The van der Waals surface area contributed by atoms with Crippen LogP contribution in [0.2, 0.25) is 0 Å². The first kappa shape index (κ1) is 16.7. The van der Waals surface area contributed by atoms with Crippen LogP contribution < -0.4 is 10.2 Å². The Bertz CT molecular complexity index is 710. The van der Waals surface area contributed by atoms with E-state index in [0.29, 0.717) is 0 Å². The second-order valence-electron chi connectivity index (χ2n) is 4.82. The zero-order valence-corrected chi connectivity index (χ0v) is 15.0. The Hall–Kier alpha value is -1.66. The molecular weight excluding hydrogens is 364 g/mol. The molecule has 4 nitrogen and oxygen atoms in total. The number of carbonyl (C=O) groups is 1. The molecule has 1 amide bonds. The van der Waals surface area contributed by atoms with Gasteiger partial charge in [-0.05, 0) is 66.0 Å². The van der Waals surface area contributed by atoms with Crippen molar-refractivity contribution >= 4 is 38.9 Å². The highest BCUT2D eigenvalue weighted by atomic mass is 79.9. The van der Waals surface area contributed by atoms with Crippen molar-refractivity contribution in [2.24, 2.45) is 5.10 Å². The molecule has 116 valence electrons. The lowest BCUT2D eigenvalue weighted by Crippen LogP contribution is -2.25. The molecule has 1 heterocycles. The van der Waals surface area contributed by atoms with Crippen LogP contribution in [0.1, 0.15) is 22.9 Å². The van der Waals surface area contributed by atoms with Crippen LogP contribution in [0, 0.1) is 13.8 Å². The van der Waals surface area contributed by atoms with Crippen LogP contribution in [0.5, 0.6) is 5.75 Å². The van der Waals surface area contributed by atoms with Crippen LogP contribution in [-0.4, -0.2) is 18.2 Å². The first-order valence-corrected chi connectivity index (χ1v) is 8.36. The van der Waals surface area contributed by atoms with E-state index < -0.39 is 0 Å². The van der Waals surface area contributed by atoms with Gasteiger partial charge in [0.1, 0.15) is 5.75 Å². The predicted molar refractivity (Wildman–Crippen MR) is 93.8 cm³/mol. The minimum absolute atomic E-state index is 0.0603. The lowest BCUT2D eigenvalue weighted by atomic mass is 10.1. The first-order valence-electron chi connectivity index (χ1n) is 6.75. The van der Waals surface area contributed by atoms with Gasteiger partial charge in [0.25, 0.3) is 5.91 Å². The SMILES string of the molecule is C/C(=N/NC(=O)COc1cccc(C)c1C)c1ccc(Br)s1. The maximum Gasteiger partial charge on any atom is 0.277 e. The molecule has 0 aliphatic heterocycles. The molecule has 2 aromatic rings. The van der Waals surface area contributed by atoms with Gasteiger partial charge in [-0.25, -0.2) is 5.43 Å². The van der Waals surface area contributed by atoms with Gasteiger partial charge in [0, 0.05) is 0 Å². The summed E-state index contributed by atoms with van der Waals surface area (Å²) in [4.78, 5) is 12.8.